The Kier molecular flexibility index (Phi) is 4.57. The van der Waals surface area contributed by atoms with Gasteiger partial charge < -0.3 is 10.2 Å². The fourth-order valence-corrected chi connectivity index (χ4v) is 3.94. The van der Waals surface area contributed by atoms with E-state index in [1.807, 2.05) is 0 Å². The molecule has 6 heteroatoms. The first-order valence-corrected chi connectivity index (χ1v) is 8.34. The highest BCUT2D eigenvalue weighted by atomic mass is 32.1. The summed E-state index contributed by atoms with van der Waals surface area (Å²) in [7, 11) is 0. The largest absolute Gasteiger partial charge is 0.349 e. The van der Waals surface area contributed by atoms with Gasteiger partial charge in [0.15, 0.2) is 5.11 Å². The zero-order chi connectivity index (χ0) is 15.5. The number of rotatable bonds is 2. The molecule has 0 bridgehead atoms. The zero-order valence-electron chi connectivity index (χ0n) is 12.5. The second-order valence-corrected chi connectivity index (χ2v) is 6.66. The van der Waals surface area contributed by atoms with Crippen molar-refractivity contribution in [3.63, 3.8) is 0 Å². The molecule has 0 radical (unpaired) electrons. The Labute approximate surface area is 135 Å². The number of nitro benzene ring substituents is 1. The standard InChI is InChI=1S/C16H21N3O2S/c20-19(21)15-7-5-14(6-8-15)17-16(22)18-10-9-12-3-1-2-4-13(12)11-18/h5-8,12-13H,1-4,9-11H2,(H,17,22)/t12-,13-/m0/s1. The average Bonchev–Trinajstić information content (AvgIpc) is 2.55. The molecule has 0 unspecified atom stereocenters. The third-order valence-corrected chi connectivity index (χ3v) is 5.27. The molecular formula is C16H21N3O2S. The van der Waals surface area contributed by atoms with E-state index in [-0.39, 0.29) is 5.69 Å². The molecule has 118 valence electrons. The second kappa shape index (κ2) is 6.60. The molecule has 1 aliphatic carbocycles. The highest BCUT2D eigenvalue weighted by Crippen LogP contribution is 2.36. The molecule has 22 heavy (non-hydrogen) atoms. The summed E-state index contributed by atoms with van der Waals surface area (Å²) in [6.07, 6.45) is 6.65. The summed E-state index contributed by atoms with van der Waals surface area (Å²) in [6.45, 7) is 2.06. The number of thiocarbonyl (C=S) groups is 1. The zero-order valence-corrected chi connectivity index (χ0v) is 13.3. The molecule has 1 N–H and O–H groups in total. The van der Waals surface area contributed by atoms with Crippen molar-refractivity contribution in [3.05, 3.63) is 34.4 Å². The molecule has 1 aliphatic heterocycles. The molecule has 2 aliphatic rings. The Balaban J connectivity index is 1.58. The number of piperidine rings is 1. The first-order chi connectivity index (χ1) is 10.6. The lowest BCUT2D eigenvalue weighted by Gasteiger charge is -2.42. The van der Waals surface area contributed by atoms with Gasteiger partial charge in [-0.2, -0.15) is 0 Å². The van der Waals surface area contributed by atoms with Crippen LogP contribution < -0.4 is 5.32 Å². The van der Waals surface area contributed by atoms with Crippen LogP contribution in [0.5, 0.6) is 0 Å². The number of non-ortho nitro benzene ring substituents is 1. The lowest BCUT2D eigenvalue weighted by Crippen LogP contribution is -2.46. The van der Waals surface area contributed by atoms with Crippen molar-refractivity contribution in [1.82, 2.24) is 4.90 Å². The first-order valence-electron chi connectivity index (χ1n) is 7.94. The minimum absolute atomic E-state index is 0.0967. The van der Waals surface area contributed by atoms with E-state index in [2.05, 4.69) is 10.2 Å². The molecule has 0 aromatic heterocycles. The summed E-state index contributed by atoms with van der Waals surface area (Å²) < 4.78 is 0. The van der Waals surface area contributed by atoms with Crippen LogP contribution in [0, 0.1) is 22.0 Å². The van der Waals surface area contributed by atoms with E-state index in [0.29, 0.717) is 0 Å². The summed E-state index contributed by atoms with van der Waals surface area (Å²) in [5.41, 5.74) is 0.904. The van der Waals surface area contributed by atoms with Gasteiger partial charge in [-0.05, 0) is 49.0 Å². The van der Waals surface area contributed by atoms with Crippen molar-refractivity contribution < 1.29 is 4.92 Å². The molecule has 1 saturated carbocycles. The van der Waals surface area contributed by atoms with Crippen LogP contribution in [0.3, 0.4) is 0 Å². The van der Waals surface area contributed by atoms with E-state index in [9.17, 15) is 10.1 Å². The molecule has 5 nitrogen and oxygen atoms in total. The Morgan fingerprint density at radius 3 is 2.55 bits per heavy atom. The van der Waals surface area contributed by atoms with Crippen LogP contribution in [-0.4, -0.2) is 28.0 Å². The van der Waals surface area contributed by atoms with Gasteiger partial charge in [0.25, 0.3) is 5.69 Å². The van der Waals surface area contributed by atoms with Crippen LogP contribution in [0.1, 0.15) is 32.1 Å². The van der Waals surface area contributed by atoms with Crippen LogP contribution in [0.15, 0.2) is 24.3 Å². The maximum atomic E-state index is 10.7. The summed E-state index contributed by atoms with van der Waals surface area (Å²) in [6, 6.07) is 6.41. The number of nitrogens with zero attached hydrogens (tertiary/aromatic N) is 2. The van der Waals surface area contributed by atoms with E-state index < -0.39 is 4.92 Å². The van der Waals surface area contributed by atoms with Gasteiger partial charge in [-0.25, -0.2) is 0 Å². The van der Waals surface area contributed by atoms with Crippen LogP contribution in [-0.2, 0) is 0 Å². The van der Waals surface area contributed by atoms with Crippen LogP contribution in [0.25, 0.3) is 0 Å². The first kappa shape index (κ1) is 15.2. The Morgan fingerprint density at radius 2 is 1.86 bits per heavy atom. The smallest absolute Gasteiger partial charge is 0.269 e. The Hall–Kier alpha value is -1.69. The van der Waals surface area contributed by atoms with E-state index in [1.165, 1.54) is 44.2 Å². The third kappa shape index (κ3) is 3.38. The van der Waals surface area contributed by atoms with Gasteiger partial charge in [0.1, 0.15) is 0 Å². The molecule has 2 fully saturated rings. The van der Waals surface area contributed by atoms with Crippen LogP contribution in [0.2, 0.25) is 0 Å². The number of anilines is 1. The normalized spacial score (nSPS) is 24.5. The SMILES string of the molecule is O=[N+]([O-])c1ccc(NC(=S)N2CC[C@@H]3CCCC[C@H]3C2)cc1. The van der Waals surface area contributed by atoms with Gasteiger partial charge in [-0.3, -0.25) is 10.1 Å². The number of likely N-dealkylation sites (tertiary alicyclic amines) is 1. The highest BCUT2D eigenvalue weighted by Gasteiger charge is 2.31. The van der Waals surface area contributed by atoms with Gasteiger partial charge >= 0.3 is 0 Å². The predicted molar refractivity (Wildman–Crippen MR) is 91.0 cm³/mol. The molecule has 1 heterocycles. The van der Waals surface area contributed by atoms with Crippen LogP contribution in [0.4, 0.5) is 11.4 Å². The van der Waals surface area contributed by atoms with E-state index >= 15 is 0 Å². The fraction of sp³-hybridized carbons (Fsp3) is 0.562. The van der Waals surface area contributed by atoms with Crippen LogP contribution >= 0.6 is 12.2 Å². The number of hydrogen-bond acceptors (Lipinski definition) is 3. The topological polar surface area (TPSA) is 58.4 Å². The molecular weight excluding hydrogens is 298 g/mol. The van der Waals surface area contributed by atoms with Gasteiger partial charge in [0.05, 0.1) is 4.92 Å². The van der Waals surface area contributed by atoms with Crippen molar-refractivity contribution in [3.8, 4) is 0 Å². The number of benzene rings is 1. The maximum absolute atomic E-state index is 10.7. The highest BCUT2D eigenvalue weighted by molar-refractivity contribution is 7.80. The number of hydrogen-bond donors (Lipinski definition) is 1. The Morgan fingerprint density at radius 1 is 1.18 bits per heavy atom. The summed E-state index contributed by atoms with van der Waals surface area (Å²) >= 11 is 5.52. The molecule has 0 spiro atoms. The molecule has 0 amide bonds. The van der Waals surface area contributed by atoms with Crippen molar-refractivity contribution in [2.75, 3.05) is 18.4 Å². The fourth-order valence-electron chi connectivity index (χ4n) is 3.65. The predicted octanol–water partition coefficient (Wildman–Crippen LogP) is 3.80. The summed E-state index contributed by atoms with van der Waals surface area (Å²) in [5.74, 6) is 1.66. The monoisotopic (exact) mass is 319 g/mol. The molecule has 1 aromatic carbocycles. The minimum Gasteiger partial charge on any atom is -0.349 e. The third-order valence-electron chi connectivity index (χ3n) is 4.91. The van der Waals surface area contributed by atoms with E-state index in [0.717, 1.165) is 35.7 Å². The lowest BCUT2D eigenvalue weighted by molar-refractivity contribution is -0.384. The van der Waals surface area contributed by atoms with Crippen molar-refractivity contribution in [2.45, 2.75) is 32.1 Å². The van der Waals surface area contributed by atoms with Crippen molar-refractivity contribution in [1.29, 1.82) is 0 Å². The molecule has 3 rings (SSSR count). The molecule has 1 saturated heterocycles. The summed E-state index contributed by atoms with van der Waals surface area (Å²) in [5, 5.41) is 14.6. The average molecular weight is 319 g/mol. The van der Waals surface area contributed by atoms with Gasteiger partial charge in [0, 0.05) is 30.9 Å². The lowest BCUT2D eigenvalue weighted by atomic mass is 9.75. The molecule has 1 aromatic rings. The number of fused-ring (bicyclic) bond motifs is 1. The van der Waals surface area contributed by atoms with Gasteiger partial charge in [0.2, 0.25) is 0 Å². The number of nitro groups is 1. The number of nitrogens with one attached hydrogen (secondary N) is 1. The van der Waals surface area contributed by atoms with Gasteiger partial charge in [-0.15, -0.1) is 0 Å². The van der Waals surface area contributed by atoms with Gasteiger partial charge in [-0.1, -0.05) is 19.3 Å². The quantitative estimate of drug-likeness (QED) is 0.510. The molecule has 2 atom stereocenters. The maximum Gasteiger partial charge on any atom is 0.269 e. The van der Waals surface area contributed by atoms with Crippen molar-refractivity contribution >= 4 is 28.7 Å². The van der Waals surface area contributed by atoms with E-state index in [1.54, 1.807) is 12.1 Å². The van der Waals surface area contributed by atoms with Crippen molar-refractivity contribution in [2.24, 2.45) is 11.8 Å². The van der Waals surface area contributed by atoms with E-state index in [4.69, 9.17) is 12.2 Å². The minimum atomic E-state index is -0.393. The summed E-state index contributed by atoms with van der Waals surface area (Å²) in [4.78, 5) is 12.5. The second-order valence-electron chi connectivity index (χ2n) is 6.27. The Bertz CT molecular complexity index is 561.